The molecule has 1 fully saturated rings. The monoisotopic (exact) mass is 374 g/mol. The van der Waals surface area contributed by atoms with Crippen LogP contribution in [0.5, 0.6) is 0 Å². The van der Waals surface area contributed by atoms with Crippen molar-refractivity contribution >= 4 is 17.5 Å². The largest absolute Gasteiger partial charge is 0.372 e. The second-order valence-electron chi connectivity index (χ2n) is 6.90. The summed E-state index contributed by atoms with van der Waals surface area (Å²) in [6, 6.07) is 3.99. The van der Waals surface area contributed by atoms with Crippen LogP contribution in [0, 0.1) is 12.7 Å². The smallest absolute Gasteiger partial charge is 0.256 e. The standard InChI is InChI=1S/C19H23FN4O3/c1-12-6-15(20)4-5-17(12)19(26)22-16-7-21-24(10-16)11-18(25)23-8-13(2)27-14(3)9-23/h4-7,10,13-14H,8-9,11H2,1-3H3,(H,22,26). The van der Waals surface area contributed by atoms with Crippen molar-refractivity contribution < 1.29 is 18.7 Å². The van der Waals surface area contributed by atoms with Gasteiger partial charge in [-0.2, -0.15) is 5.10 Å². The second-order valence-corrected chi connectivity index (χ2v) is 6.90. The average molecular weight is 374 g/mol. The van der Waals surface area contributed by atoms with Gasteiger partial charge in [0.25, 0.3) is 5.91 Å². The first-order chi connectivity index (χ1) is 12.8. The van der Waals surface area contributed by atoms with Crippen molar-refractivity contribution in [1.29, 1.82) is 0 Å². The van der Waals surface area contributed by atoms with Crippen molar-refractivity contribution in [3.8, 4) is 0 Å². The first-order valence-corrected chi connectivity index (χ1v) is 8.85. The number of aromatic nitrogens is 2. The molecule has 2 aromatic rings. The summed E-state index contributed by atoms with van der Waals surface area (Å²) in [5, 5.41) is 6.85. The molecule has 0 saturated carbocycles. The Morgan fingerprint density at radius 3 is 2.67 bits per heavy atom. The molecule has 0 radical (unpaired) electrons. The maximum atomic E-state index is 13.2. The molecule has 3 rings (SSSR count). The molecule has 1 aliphatic heterocycles. The number of hydrogen-bond donors (Lipinski definition) is 1. The fraction of sp³-hybridized carbons (Fsp3) is 0.421. The van der Waals surface area contributed by atoms with E-state index in [0.717, 1.165) is 0 Å². The van der Waals surface area contributed by atoms with Crippen molar-refractivity contribution in [2.75, 3.05) is 18.4 Å². The molecular weight excluding hydrogens is 351 g/mol. The van der Waals surface area contributed by atoms with Crippen LogP contribution in [-0.2, 0) is 16.1 Å². The molecule has 8 heteroatoms. The normalized spacial score (nSPS) is 19.8. The van der Waals surface area contributed by atoms with Crippen molar-refractivity contribution in [3.05, 3.63) is 47.5 Å². The van der Waals surface area contributed by atoms with Crippen LogP contribution in [-0.4, -0.2) is 51.8 Å². The molecule has 0 spiro atoms. The van der Waals surface area contributed by atoms with E-state index in [2.05, 4.69) is 10.4 Å². The second kappa shape index (κ2) is 7.87. The minimum atomic E-state index is -0.387. The van der Waals surface area contributed by atoms with Gasteiger partial charge in [0.15, 0.2) is 0 Å². The summed E-state index contributed by atoms with van der Waals surface area (Å²) in [5.74, 6) is -0.788. The third-order valence-corrected chi connectivity index (χ3v) is 4.39. The minimum Gasteiger partial charge on any atom is -0.372 e. The minimum absolute atomic E-state index is 0.00381. The molecule has 144 valence electrons. The number of benzene rings is 1. The van der Waals surface area contributed by atoms with Gasteiger partial charge in [-0.05, 0) is 44.5 Å². The summed E-state index contributed by atoms with van der Waals surface area (Å²) >= 11 is 0. The van der Waals surface area contributed by atoms with E-state index in [9.17, 15) is 14.0 Å². The molecule has 27 heavy (non-hydrogen) atoms. The summed E-state index contributed by atoms with van der Waals surface area (Å²) in [5.41, 5.74) is 1.40. The van der Waals surface area contributed by atoms with E-state index in [-0.39, 0.29) is 36.4 Å². The number of hydrogen-bond acceptors (Lipinski definition) is 4. The Bertz CT molecular complexity index is 841. The highest BCUT2D eigenvalue weighted by Crippen LogP contribution is 2.14. The summed E-state index contributed by atoms with van der Waals surface area (Å²) < 4.78 is 20.3. The quantitative estimate of drug-likeness (QED) is 0.890. The molecule has 7 nitrogen and oxygen atoms in total. The van der Waals surface area contributed by atoms with Crippen LogP contribution in [0.25, 0.3) is 0 Å². The number of anilines is 1. The third kappa shape index (κ3) is 4.71. The van der Waals surface area contributed by atoms with Gasteiger partial charge in [-0.1, -0.05) is 0 Å². The number of amides is 2. The first kappa shape index (κ1) is 19.0. The molecule has 1 saturated heterocycles. The summed E-state index contributed by atoms with van der Waals surface area (Å²) in [6.45, 7) is 6.74. The van der Waals surface area contributed by atoms with Gasteiger partial charge in [-0.3, -0.25) is 14.3 Å². The lowest BCUT2D eigenvalue weighted by molar-refractivity contribution is -0.144. The van der Waals surface area contributed by atoms with Gasteiger partial charge >= 0.3 is 0 Å². The number of morpholine rings is 1. The lowest BCUT2D eigenvalue weighted by atomic mass is 10.1. The van der Waals surface area contributed by atoms with Crippen LogP contribution in [0.3, 0.4) is 0 Å². The Hall–Kier alpha value is -2.74. The molecule has 1 N–H and O–H groups in total. The van der Waals surface area contributed by atoms with Gasteiger partial charge in [0.05, 0.1) is 24.1 Å². The van der Waals surface area contributed by atoms with E-state index in [1.807, 2.05) is 13.8 Å². The Balaban J connectivity index is 1.61. The number of rotatable bonds is 4. The molecule has 0 bridgehead atoms. The van der Waals surface area contributed by atoms with Gasteiger partial charge < -0.3 is 15.0 Å². The van der Waals surface area contributed by atoms with Gasteiger partial charge in [-0.15, -0.1) is 0 Å². The van der Waals surface area contributed by atoms with Crippen LogP contribution in [0.15, 0.2) is 30.6 Å². The lowest BCUT2D eigenvalue weighted by Gasteiger charge is -2.35. The number of carbonyl (C=O) groups excluding carboxylic acids is 2. The van der Waals surface area contributed by atoms with Crippen LogP contribution in [0.2, 0.25) is 0 Å². The van der Waals surface area contributed by atoms with E-state index in [4.69, 9.17) is 4.74 Å². The topological polar surface area (TPSA) is 76.5 Å². The SMILES string of the molecule is Cc1cc(F)ccc1C(=O)Nc1cnn(CC(=O)N2CC(C)OC(C)C2)c1. The van der Waals surface area contributed by atoms with Crippen molar-refractivity contribution in [2.24, 2.45) is 0 Å². The molecule has 0 aliphatic carbocycles. The Morgan fingerprint density at radius 1 is 1.30 bits per heavy atom. The fourth-order valence-electron chi connectivity index (χ4n) is 3.21. The summed E-state index contributed by atoms with van der Waals surface area (Å²) in [7, 11) is 0. The van der Waals surface area contributed by atoms with E-state index < -0.39 is 0 Å². The van der Waals surface area contributed by atoms with E-state index >= 15 is 0 Å². The summed E-state index contributed by atoms with van der Waals surface area (Å²) in [6.07, 6.45) is 3.09. The van der Waals surface area contributed by atoms with Gasteiger partial charge in [0, 0.05) is 24.8 Å². The van der Waals surface area contributed by atoms with Crippen LogP contribution < -0.4 is 5.32 Å². The van der Waals surface area contributed by atoms with Gasteiger partial charge in [0.2, 0.25) is 5.91 Å². The highest BCUT2D eigenvalue weighted by molar-refractivity contribution is 6.05. The van der Waals surface area contributed by atoms with Crippen LogP contribution in [0.1, 0.15) is 29.8 Å². The van der Waals surface area contributed by atoms with Crippen LogP contribution in [0.4, 0.5) is 10.1 Å². The molecular formula is C19H23FN4O3. The highest BCUT2D eigenvalue weighted by Gasteiger charge is 2.26. The Labute approximate surface area is 157 Å². The summed E-state index contributed by atoms with van der Waals surface area (Å²) in [4.78, 5) is 26.6. The maximum absolute atomic E-state index is 13.2. The zero-order valence-corrected chi connectivity index (χ0v) is 15.6. The van der Waals surface area contributed by atoms with E-state index in [0.29, 0.717) is 29.9 Å². The average Bonchev–Trinajstić information content (AvgIpc) is 3.00. The number of nitrogens with zero attached hydrogens (tertiary/aromatic N) is 3. The van der Waals surface area contributed by atoms with Crippen molar-refractivity contribution in [1.82, 2.24) is 14.7 Å². The van der Waals surface area contributed by atoms with Crippen molar-refractivity contribution in [3.63, 3.8) is 0 Å². The lowest BCUT2D eigenvalue weighted by Crippen LogP contribution is -2.49. The Morgan fingerprint density at radius 2 is 2.00 bits per heavy atom. The van der Waals surface area contributed by atoms with E-state index in [1.165, 1.54) is 29.1 Å². The maximum Gasteiger partial charge on any atom is 0.256 e. The predicted molar refractivity (Wildman–Crippen MR) is 97.9 cm³/mol. The first-order valence-electron chi connectivity index (χ1n) is 8.85. The van der Waals surface area contributed by atoms with Crippen molar-refractivity contribution in [2.45, 2.75) is 39.5 Å². The molecule has 2 unspecified atom stereocenters. The highest BCUT2D eigenvalue weighted by atomic mass is 19.1. The molecule has 1 aromatic heterocycles. The third-order valence-electron chi connectivity index (χ3n) is 4.39. The fourth-order valence-corrected chi connectivity index (χ4v) is 3.21. The zero-order chi connectivity index (χ0) is 19.6. The van der Waals surface area contributed by atoms with Crippen LogP contribution >= 0.6 is 0 Å². The molecule has 1 aliphatic rings. The number of aryl methyl sites for hydroxylation is 1. The number of ether oxygens (including phenoxy) is 1. The number of nitrogens with one attached hydrogen (secondary N) is 1. The van der Waals surface area contributed by atoms with E-state index in [1.54, 1.807) is 18.0 Å². The molecule has 1 aromatic carbocycles. The molecule has 2 heterocycles. The number of carbonyl (C=O) groups is 2. The predicted octanol–water partition coefficient (Wildman–Crippen LogP) is 2.22. The Kier molecular flexibility index (Phi) is 5.55. The number of halogens is 1. The van der Waals surface area contributed by atoms with Gasteiger partial charge in [-0.25, -0.2) is 4.39 Å². The molecule has 2 atom stereocenters. The zero-order valence-electron chi connectivity index (χ0n) is 15.6. The molecule has 2 amide bonds. The van der Waals surface area contributed by atoms with Gasteiger partial charge in [0.1, 0.15) is 12.4 Å².